The lowest BCUT2D eigenvalue weighted by atomic mass is 10.2. The smallest absolute Gasteiger partial charge is 0.278 e. The number of carbonyl (C=O) groups excluding carboxylic acids is 1. The van der Waals surface area contributed by atoms with Crippen LogP contribution in [0, 0.1) is 20.8 Å². The lowest BCUT2D eigenvalue weighted by Crippen LogP contribution is -2.37. The molecule has 6 nitrogen and oxygen atoms in total. The van der Waals surface area contributed by atoms with Crippen LogP contribution in [0.1, 0.15) is 27.6 Å². The molecular weight excluding hydrogens is 206 g/mol. The van der Waals surface area contributed by atoms with E-state index in [1.54, 1.807) is 13.8 Å². The summed E-state index contributed by atoms with van der Waals surface area (Å²) in [5.41, 5.74) is 7.78. The molecule has 3 N–H and O–H groups in total. The predicted molar refractivity (Wildman–Crippen MR) is 61.3 cm³/mol. The van der Waals surface area contributed by atoms with Crippen LogP contribution in [0.3, 0.4) is 0 Å². The maximum Gasteiger partial charge on any atom is 0.278 e. The van der Waals surface area contributed by atoms with Crippen molar-refractivity contribution in [3.8, 4) is 0 Å². The largest absolute Gasteiger partial charge is 0.370 e. The first-order chi connectivity index (χ1) is 7.45. The third kappa shape index (κ3) is 2.53. The molecule has 0 fully saturated rings. The number of rotatable bonds is 1. The average molecular weight is 221 g/mol. The maximum absolute atomic E-state index is 11.7. The molecule has 0 bridgehead atoms. The summed E-state index contributed by atoms with van der Waals surface area (Å²) in [6.45, 7) is 5.38. The van der Waals surface area contributed by atoms with Crippen molar-refractivity contribution >= 4 is 11.9 Å². The van der Waals surface area contributed by atoms with Crippen LogP contribution in [0.4, 0.5) is 0 Å². The highest BCUT2D eigenvalue weighted by molar-refractivity contribution is 6.04. The summed E-state index contributed by atoms with van der Waals surface area (Å²) in [5.74, 6) is -0.333. The lowest BCUT2D eigenvalue weighted by molar-refractivity contribution is 0.0970. The van der Waals surface area contributed by atoms with Gasteiger partial charge in [0.25, 0.3) is 5.91 Å². The van der Waals surface area contributed by atoms with E-state index in [0.717, 1.165) is 11.4 Å². The van der Waals surface area contributed by atoms with E-state index in [2.05, 4.69) is 20.3 Å². The Bertz CT molecular complexity index is 453. The zero-order valence-corrected chi connectivity index (χ0v) is 9.83. The van der Waals surface area contributed by atoms with Gasteiger partial charge in [-0.05, 0) is 20.8 Å². The first-order valence-corrected chi connectivity index (χ1v) is 4.81. The fraction of sp³-hybridized carbons (Fsp3) is 0.400. The van der Waals surface area contributed by atoms with Crippen molar-refractivity contribution in [3.63, 3.8) is 0 Å². The van der Waals surface area contributed by atoms with Gasteiger partial charge in [-0.25, -0.2) is 4.98 Å². The molecule has 86 valence electrons. The zero-order chi connectivity index (χ0) is 12.3. The molecule has 0 aliphatic rings. The number of hydrogen-bond donors (Lipinski definition) is 2. The minimum absolute atomic E-state index is 0.0597. The Morgan fingerprint density at radius 3 is 2.31 bits per heavy atom. The van der Waals surface area contributed by atoms with Gasteiger partial charge in [0.1, 0.15) is 5.69 Å². The van der Waals surface area contributed by atoms with E-state index >= 15 is 0 Å². The molecule has 1 heterocycles. The molecule has 6 heteroatoms. The highest BCUT2D eigenvalue weighted by Gasteiger charge is 2.14. The first-order valence-electron chi connectivity index (χ1n) is 4.81. The van der Waals surface area contributed by atoms with Gasteiger partial charge < -0.3 is 5.73 Å². The van der Waals surface area contributed by atoms with E-state index in [-0.39, 0.29) is 11.7 Å². The Labute approximate surface area is 94.0 Å². The highest BCUT2D eigenvalue weighted by Crippen LogP contribution is 2.06. The third-order valence-corrected chi connectivity index (χ3v) is 2.18. The Morgan fingerprint density at radius 2 is 1.75 bits per heavy atom. The van der Waals surface area contributed by atoms with E-state index in [4.69, 9.17) is 5.73 Å². The third-order valence-electron chi connectivity index (χ3n) is 2.18. The number of guanidine groups is 1. The number of nitrogens with two attached hydrogens (primary N) is 1. The molecular formula is C10H15N5O. The van der Waals surface area contributed by atoms with Crippen LogP contribution in [-0.2, 0) is 0 Å². The summed E-state index contributed by atoms with van der Waals surface area (Å²) in [5, 5.41) is 2.42. The van der Waals surface area contributed by atoms with Crippen molar-refractivity contribution < 1.29 is 4.79 Å². The van der Waals surface area contributed by atoms with Crippen LogP contribution in [-0.4, -0.2) is 28.9 Å². The number of amides is 1. The number of nitrogens with zero attached hydrogens (tertiary/aromatic N) is 3. The molecule has 0 aliphatic carbocycles. The minimum atomic E-state index is -0.392. The van der Waals surface area contributed by atoms with Crippen LogP contribution in [0.25, 0.3) is 0 Å². The Hall–Kier alpha value is -1.98. The number of aryl methyl sites for hydroxylation is 3. The zero-order valence-electron chi connectivity index (χ0n) is 9.83. The second kappa shape index (κ2) is 4.69. The highest BCUT2D eigenvalue weighted by atomic mass is 16.2. The van der Waals surface area contributed by atoms with Crippen molar-refractivity contribution in [2.75, 3.05) is 7.05 Å². The van der Waals surface area contributed by atoms with Gasteiger partial charge in [0.05, 0.1) is 17.1 Å². The van der Waals surface area contributed by atoms with Crippen molar-refractivity contribution in [2.45, 2.75) is 20.8 Å². The Kier molecular flexibility index (Phi) is 3.55. The molecule has 1 rings (SSSR count). The topological polar surface area (TPSA) is 93.3 Å². The number of aromatic nitrogens is 2. The van der Waals surface area contributed by atoms with Gasteiger partial charge in [0.2, 0.25) is 0 Å². The monoisotopic (exact) mass is 221 g/mol. The molecule has 0 saturated carbocycles. The normalized spacial score (nSPS) is 11.4. The fourth-order valence-corrected chi connectivity index (χ4v) is 1.16. The van der Waals surface area contributed by atoms with Crippen LogP contribution in [0.5, 0.6) is 0 Å². The van der Waals surface area contributed by atoms with E-state index < -0.39 is 5.91 Å². The second-order valence-corrected chi connectivity index (χ2v) is 3.39. The van der Waals surface area contributed by atoms with E-state index in [1.165, 1.54) is 7.05 Å². The molecule has 0 saturated heterocycles. The number of nitrogens with one attached hydrogen (secondary N) is 1. The molecule has 1 aromatic heterocycles. The molecule has 0 aromatic carbocycles. The molecule has 0 radical (unpaired) electrons. The van der Waals surface area contributed by atoms with Gasteiger partial charge in [0, 0.05) is 7.05 Å². The van der Waals surface area contributed by atoms with Crippen molar-refractivity contribution in [1.29, 1.82) is 0 Å². The predicted octanol–water partition coefficient (Wildman–Crippen LogP) is 0.0762. The van der Waals surface area contributed by atoms with Crippen molar-refractivity contribution in [3.05, 3.63) is 22.8 Å². The van der Waals surface area contributed by atoms with Gasteiger partial charge >= 0.3 is 0 Å². The van der Waals surface area contributed by atoms with Gasteiger partial charge in [-0.15, -0.1) is 0 Å². The fourth-order valence-electron chi connectivity index (χ4n) is 1.16. The van der Waals surface area contributed by atoms with Gasteiger partial charge in [-0.3, -0.25) is 20.1 Å². The quantitative estimate of drug-likeness (QED) is 0.518. The molecule has 1 aromatic rings. The Morgan fingerprint density at radius 1 is 1.19 bits per heavy atom. The van der Waals surface area contributed by atoms with E-state index in [9.17, 15) is 4.79 Å². The van der Waals surface area contributed by atoms with Crippen LogP contribution < -0.4 is 11.1 Å². The molecule has 1 amide bonds. The van der Waals surface area contributed by atoms with Gasteiger partial charge in [0.15, 0.2) is 5.96 Å². The number of aliphatic imine (C=N–C) groups is 1. The molecule has 0 atom stereocenters. The van der Waals surface area contributed by atoms with Crippen LogP contribution >= 0.6 is 0 Å². The van der Waals surface area contributed by atoms with Crippen LogP contribution in [0.2, 0.25) is 0 Å². The van der Waals surface area contributed by atoms with Crippen molar-refractivity contribution in [1.82, 2.24) is 15.3 Å². The summed E-state index contributed by atoms with van der Waals surface area (Å²) < 4.78 is 0. The summed E-state index contributed by atoms with van der Waals surface area (Å²) in [4.78, 5) is 23.8. The maximum atomic E-state index is 11.7. The lowest BCUT2D eigenvalue weighted by Gasteiger charge is -2.07. The molecule has 0 unspecified atom stereocenters. The average Bonchev–Trinajstić information content (AvgIpc) is 2.23. The summed E-state index contributed by atoms with van der Waals surface area (Å²) >= 11 is 0. The number of hydrogen-bond acceptors (Lipinski definition) is 4. The molecule has 0 spiro atoms. The first kappa shape index (κ1) is 12.1. The van der Waals surface area contributed by atoms with Gasteiger partial charge in [-0.1, -0.05) is 0 Å². The van der Waals surface area contributed by atoms with E-state index in [1.807, 2.05) is 6.92 Å². The summed E-state index contributed by atoms with van der Waals surface area (Å²) in [7, 11) is 1.49. The standard InChI is InChI=1S/C10H15N5O/c1-5-6(2)14-8(7(3)13-5)9(16)15-10(11)12-4/h1-4H3,(H3,11,12,15,16). The Balaban J connectivity index is 3.05. The van der Waals surface area contributed by atoms with Crippen LogP contribution in [0.15, 0.2) is 4.99 Å². The van der Waals surface area contributed by atoms with E-state index in [0.29, 0.717) is 5.69 Å². The second-order valence-electron chi connectivity index (χ2n) is 3.39. The molecule has 16 heavy (non-hydrogen) atoms. The molecule has 0 aliphatic heterocycles. The van der Waals surface area contributed by atoms with Gasteiger partial charge in [-0.2, -0.15) is 0 Å². The van der Waals surface area contributed by atoms with Crippen molar-refractivity contribution in [2.24, 2.45) is 10.7 Å². The summed E-state index contributed by atoms with van der Waals surface area (Å²) in [6, 6.07) is 0. The summed E-state index contributed by atoms with van der Waals surface area (Å²) in [6.07, 6.45) is 0. The number of carbonyl (C=O) groups is 1. The SMILES string of the molecule is CN=C(N)NC(=O)c1nc(C)c(C)nc1C. The minimum Gasteiger partial charge on any atom is -0.370 e.